The third-order valence-electron chi connectivity index (χ3n) is 2.69. The molecule has 0 aliphatic carbocycles. The van der Waals surface area contributed by atoms with Crippen molar-refractivity contribution >= 4 is 11.6 Å². The lowest BCUT2D eigenvalue weighted by atomic mass is 9.93. The van der Waals surface area contributed by atoms with Gasteiger partial charge in [0.15, 0.2) is 0 Å². The quantitative estimate of drug-likeness (QED) is 0.784. The Morgan fingerprint density at radius 3 is 3.14 bits per heavy atom. The van der Waals surface area contributed by atoms with E-state index in [-0.39, 0.29) is 12.6 Å². The molecular formula is C11H14ClNO. The molecule has 76 valence electrons. The summed E-state index contributed by atoms with van der Waals surface area (Å²) in [5, 5.41) is 13.1. The van der Waals surface area contributed by atoms with Gasteiger partial charge in [0.2, 0.25) is 0 Å². The second-order valence-corrected chi connectivity index (χ2v) is 4.05. The van der Waals surface area contributed by atoms with Crippen molar-refractivity contribution in [2.45, 2.75) is 18.9 Å². The maximum atomic E-state index is 8.94. The van der Waals surface area contributed by atoms with Crippen LogP contribution in [-0.4, -0.2) is 18.3 Å². The Labute approximate surface area is 88.9 Å². The molecule has 0 fully saturated rings. The number of halogens is 1. The number of nitrogens with one attached hydrogen (secondary N) is 1. The van der Waals surface area contributed by atoms with Gasteiger partial charge in [0.1, 0.15) is 0 Å². The van der Waals surface area contributed by atoms with Crippen LogP contribution in [0.15, 0.2) is 18.2 Å². The molecule has 1 heterocycles. The number of rotatable bonds is 2. The zero-order chi connectivity index (χ0) is 9.97. The van der Waals surface area contributed by atoms with Gasteiger partial charge in [-0.3, -0.25) is 0 Å². The van der Waals surface area contributed by atoms with E-state index in [1.165, 1.54) is 11.1 Å². The van der Waals surface area contributed by atoms with Crippen molar-refractivity contribution < 1.29 is 5.11 Å². The van der Waals surface area contributed by atoms with Crippen LogP contribution in [0.2, 0.25) is 5.02 Å². The van der Waals surface area contributed by atoms with Crippen LogP contribution in [0.3, 0.4) is 0 Å². The number of hydrogen-bond donors (Lipinski definition) is 2. The van der Waals surface area contributed by atoms with E-state index in [9.17, 15) is 0 Å². The lowest BCUT2D eigenvalue weighted by Gasteiger charge is -2.26. The topological polar surface area (TPSA) is 32.3 Å². The fourth-order valence-electron chi connectivity index (χ4n) is 2.00. The first-order chi connectivity index (χ1) is 6.81. The van der Waals surface area contributed by atoms with Crippen molar-refractivity contribution in [2.24, 2.45) is 0 Å². The molecule has 0 amide bonds. The van der Waals surface area contributed by atoms with Gasteiger partial charge >= 0.3 is 0 Å². The zero-order valence-electron chi connectivity index (χ0n) is 7.96. The summed E-state index contributed by atoms with van der Waals surface area (Å²) in [5.41, 5.74) is 2.60. The molecule has 0 radical (unpaired) electrons. The molecule has 14 heavy (non-hydrogen) atoms. The van der Waals surface area contributed by atoms with Crippen LogP contribution in [0.4, 0.5) is 0 Å². The molecule has 0 saturated carbocycles. The number of hydrogen-bond acceptors (Lipinski definition) is 2. The number of benzene rings is 1. The third kappa shape index (κ3) is 1.92. The standard InChI is InChI=1S/C11H14ClNO/c12-9-2-1-8-3-5-13-11(4-6-14)10(8)7-9/h1-2,7,11,13-14H,3-6H2. The van der Waals surface area contributed by atoms with Crippen molar-refractivity contribution in [3.8, 4) is 0 Å². The molecule has 1 aromatic rings. The fraction of sp³-hybridized carbons (Fsp3) is 0.455. The maximum absolute atomic E-state index is 8.94. The van der Waals surface area contributed by atoms with Gasteiger partial charge in [-0.05, 0) is 42.6 Å². The summed E-state index contributed by atoms with van der Waals surface area (Å²) >= 11 is 5.95. The molecule has 2 nitrogen and oxygen atoms in total. The van der Waals surface area contributed by atoms with Crippen LogP contribution in [-0.2, 0) is 6.42 Å². The van der Waals surface area contributed by atoms with Crippen LogP contribution in [0, 0.1) is 0 Å². The normalized spacial score (nSPS) is 20.6. The predicted molar refractivity (Wildman–Crippen MR) is 57.6 cm³/mol. The zero-order valence-corrected chi connectivity index (χ0v) is 8.72. The molecule has 1 aromatic carbocycles. The van der Waals surface area contributed by atoms with E-state index in [4.69, 9.17) is 16.7 Å². The monoisotopic (exact) mass is 211 g/mol. The van der Waals surface area contributed by atoms with Crippen molar-refractivity contribution in [2.75, 3.05) is 13.2 Å². The molecule has 1 aliphatic rings. The largest absolute Gasteiger partial charge is 0.396 e. The SMILES string of the molecule is OCCC1NCCc2ccc(Cl)cc21. The summed E-state index contributed by atoms with van der Waals surface area (Å²) in [4.78, 5) is 0. The summed E-state index contributed by atoms with van der Waals surface area (Å²) in [6, 6.07) is 6.29. The Kier molecular flexibility index (Phi) is 3.06. The minimum Gasteiger partial charge on any atom is -0.396 e. The number of fused-ring (bicyclic) bond motifs is 1. The Morgan fingerprint density at radius 2 is 2.36 bits per heavy atom. The first-order valence-electron chi connectivity index (χ1n) is 4.94. The first-order valence-corrected chi connectivity index (χ1v) is 5.31. The van der Waals surface area contributed by atoms with E-state index in [1.54, 1.807) is 0 Å². The Bertz CT molecular complexity index is 327. The lowest BCUT2D eigenvalue weighted by molar-refractivity contribution is 0.263. The van der Waals surface area contributed by atoms with Crippen molar-refractivity contribution in [1.29, 1.82) is 0 Å². The molecule has 0 bridgehead atoms. The molecule has 0 saturated heterocycles. The second-order valence-electron chi connectivity index (χ2n) is 3.61. The summed E-state index contributed by atoms with van der Waals surface area (Å²) in [6.45, 7) is 1.20. The lowest BCUT2D eigenvalue weighted by Crippen LogP contribution is -2.30. The van der Waals surface area contributed by atoms with E-state index >= 15 is 0 Å². The van der Waals surface area contributed by atoms with Gasteiger partial charge in [-0.25, -0.2) is 0 Å². The van der Waals surface area contributed by atoms with Crippen LogP contribution in [0.5, 0.6) is 0 Å². The van der Waals surface area contributed by atoms with Crippen LogP contribution in [0.1, 0.15) is 23.6 Å². The smallest absolute Gasteiger partial charge is 0.0449 e. The predicted octanol–water partition coefficient (Wildman–Crippen LogP) is 1.91. The highest BCUT2D eigenvalue weighted by atomic mass is 35.5. The first kappa shape index (κ1) is 9.97. The van der Waals surface area contributed by atoms with Gasteiger partial charge in [0.05, 0.1) is 0 Å². The van der Waals surface area contributed by atoms with E-state index < -0.39 is 0 Å². The molecule has 1 atom stereocenters. The molecule has 2 N–H and O–H groups in total. The maximum Gasteiger partial charge on any atom is 0.0449 e. The molecule has 2 rings (SSSR count). The Balaban J connectivity index is 2.32. The second kappa shape index (κ2) is 4.30. The summed E-state index contributed by atoms with van der Waals surface area (Å²) in [6.07, 6.45) is 1.81. The average Bonchev–Trinajstić information content (AvgIpc) is 2.19. The number of aliphatic hydroxyl groups excluding tert-OH is 1. The van der Waals surface area contributed by atoms with Gasteiger partial charge in [-0.2, -0.15) is 0 Å². The van der Waals surface area contributed by atoms with Crippen molar-refractivity contribution in [1.82, 2.24) is 5.32 Å². The van der Waals surface area contributed by atoms with E-state index in [0.29, 0.717) is 0 Å². The van der Waals surface area contributed by atoms with Gasteiger partial charge < -0.3 is 10.4 Å². The van der Waals surface area contributed by atoms with E-state index in [2.05, 4.69) is 11.4 Å². The summed E-state index contributed by atoms with van der Waals surface area (Å²) in [5.74, 6) is 0. The van der Waals surface area contributed by atoms with E-state index in [1.807, 2.05) is 12.1 Å². The van der Waals surface area contributed by atoms with Gasteiger partial charge in [-0.15, -0.1) is 0 Å². The summed E-state index contributed by atoms with van der Waals surface area (Å²) < 4.78 is 0. The van der Waals surface area contributed by atoms with Crippen LogP contribution < -0.4 is 5.32 Å². The Hall–Kier alpha value is -0.570. The Morgan fingerprint density at radius 1 is 1.50 bits per heavy atom. The molecule has 0 spiro atoms. The minimum absolute atomic E-state index is 0.212. The highest BCUT2D eigenvalue weighted by Crippen LogP contribution is 2.27. The van der Waals surface area contributed by atoms with Gasteiger partial charge in [0.25, 0.3) is 0 Å². The van der Waals surface area contributed by atoms with Gasteiger partial charge in [0, 0.05) is 17.7 Å². The van der Waals surface area contributed by atoms with Crippen molar-refractivity contribution in [3.63, 3.8) is 0 Å². The minimum atomic E-state index is 0.212. The van der Waals surface area contributed by atoms with Crippen molar-refractivity contribution in [3.05, 3.63) is 34.3 Å². The molecule has 1 unspecified atom stereocenters. The highest BCUT2D eigenvalue weighted by molar-refractivity contribution is 6.30. The summed E-state index contributed by atoms with van der Waals surface area (Å²) in [7, 11) is 0. The molecular weight excluding hydrogens is 198 g/mol. The van der Waals surface area contributed by atoms with Gasteiger partial charge in [-0.1, -0.05) is 17.7 Å². The fourth-order valence-corrected chi connectivity index (χ4v) is 2.18. The average molecular weight is 212 g/mol. The molecule has 0 aromatic heterocycles. The molecule has 3 heteroatoms. The van der Waals surface area contributed by atoms with E-state index in [0.717, 1.165) is 24.4 Å². The van der Waals surface area contributed by atoms with Crippen LogP contribution in [0.25, 0.3) is 0 Å². The highest BCUT2D eigenvalue weighted by Gasteiger charge is 2.18. The third-order valence-corrected chi connectivity index (χ3v) is 2.92. The molecule has 1 aliphatic heterocycles. The van der Waals surface area contributed by atoms with Crippen LogP contribution >= 0.6 is 11.6 Å². The number of aliphatic hydroxyl groups is 1.